The number of Topliss-reactive ketones (excluding diaryl/α,β-unsaturated/α-hetero) is 1. The Balaban J connectivity index is 1.28. The molecular weight excluding hydrogens is 432 g/mol. The van der Waals surface area contributed by atoms with Gasteiger partial charge in [0.15, 0.2) is 5.78 Å². The third-order valence-corrected chi connectivity index (χ3v) is 6.14. The fraction of sp³-hybridized carbons (Fsp3) is 0.148. The fourth-order valence-corrected chi connectivity index (χ4v) is 4.27. The van der Waals surface area contributed by atoms with Gasteiger partial charge in [-0.15, -0.1) is 11.3 Å². The smallest absolute Gasteiger partial charge is 0.220 e. The average molecular weight is 457 g/mol. The van der Waals surface area contributed by atoms with E-state index in [2.05, 4.69) is 22.8 Å². The van der Waals surface area contributed by atoms with Gasteiger partial charge >= 0.3 is 0 Å². The molecule has 1 heterocycles. The largest absolute Gasteiger partial charge is 0.496 e. The van der Waals surface area contributed by atoms with Crippen molar-refractivity contribution in [2.45, 2.75) is 19.4 Å². The molecule has 4 rings (SSSR count). The van der Waals surface area contributed by atoms with Gasteiger partial charge in [0.25, 0.3) is 0 Å². The highest BCUT2D eigenvalue weighted by Crippen LogP contribution is 2.29. The molecule has 0 atom stereocenters. The molecule has 1 aromatic heterocycles. The van der Waals surface area contributed by atoms with E-state index >= 15 is 0 Å². The van der Waals surface area contributed by atoms with E-state index in [1.807, 2.05) is 48.5 Å². The quantitative estimate of drug-likeness (QED) is 0.325. The van der Waals surface area contributed by atoms with Crippen LogP contribution in [0.1, 0.15) is 28.8 Å². The summed E-state index contributed by atoms with van der Waals surface area (Å²) in [6, 6.07) is 25.2. The van der Waals surface area contributed by atoms with E-state index in [9.17, 15) is 9.59 Å². The summed E-state index contributed by atoms with van der Waals surface area (Å²) in [5, 5.41) is 5.90. The lowest BCUT2D eigenvalue weighted by Crippen LogP contribution is -2.23. The Morgan fingerprint density at radius 2 is 1.61 bits per heavy atom. The molecule has 6 heteroatoms. The molecule has 3 aromatic carbocycles. The number of thiazole rings is 1. The Labute approximate surface area is 197 Å². The number of nitrogens with one attached hydrogen (secondary N) is 1. The number of carbonyl (C=O) groups is 2. The van der Waals surface area contributed by atoms with Crippen LogP contribution in [0.25, 0.3) is 21.8 Å². The Morgan fingerprint density at radius 1 is 0.879 bits per heavy atom. The Bertz CT molecular complexity index is 1230. The summed E-state index contributed by atoms with van der Waals surface area (Å²) in [6.45, 7) is 0.412. The van der Waals surface area contributed by atoms with Gasteiger partial charge in [-0.1, -0.05) is 66.7 Å². The van der Waals surface area contributed by atoms with Crippen LogP contribution in [-0.2, 0) is 11.3 Å². The van der Waals surface area contributed by atoms with Crippen molar-refractivity contribution in [1.82, 2.24) is 10.3 Å². The van der Waals surface area contributed by atoms with Crippen LogP contribution in [0.5, 0.6) is 5.75 Å². The van der Waals surface area contributed by atoms with E-state index in [4.69, 9.17) is 9.72 Å². The monoisotopic (exact) mass is 456 g/mol. The summed E-state index contributed by atoms with van der Waals surface area (Å²) < 4.78 is 5.22. The molecule has 5 nitrogen and oxygen atoms in total. The van der Waals surface area contributed by atoms with Crippen LogP contribution in [-0.4, -0.2) is 23.8 Å². The van der Waals surface area contributed by atoms with Crippen molar-refractivity contribution in [3.63, 3.8) is 0 Å². The maximum atomic E-state index is 12.4. The molecule has 0 aliphatic rings. The maximum Gasteiger partial charge on any atom is 0.220 e. The highest BCUT2D eigenvalue weighted by Gasteiger charge is 2.13. The topological polar surface area (TPSA) is 68.3 Å². The fourth-order valence-electron chi connectivity index (χ4n) is 3.44. The molecular formula is C27H24N2O3S. The summed E-state index contributed by atoms with van der Waals surface area (Å²) in [4.78, 5) is 29.4. The number of benzene rings is 3. The minimum absolute atomic E-state index is 0.106. The number of para-hydroxylation sites is 1. The summed E-state index contributed by atoms with van der Waals surface area (Å²) in [6.07, 6.45) is 0.273. The van der Waals surface area contributed by atoms with Gasteiger partial charge < -0.3 is 10.1 Å². The third kappa shape index (κ3) is 5.73. The number of amides is 1. The van der Waals surface area contributed by atoms with Crippen molar-refractivity contribution in [2.75, 3.05) is 7.11 Å². The number of rotatable bonds is 9. The van der Waals surface area contributed by atoms with Crippen LogP contribution < -0.4 is 10.1 Å². The number of nitrogens with zero attached hydrogens (tertiary/aromatic N) is 1. The average Bonchev–Trinajstić information content (AvgIpc) is 3.37. The molecule has 0 spiro atoms. The first-order chi connectivity index (χ1) is 16.1. The van der Waals surface area contributed by atoms with Crippen molar-refractivity contribution in [3.05, 3.63) is 95.4 Å². The highest BCUT2D eigenvalue weighted by atomic mass is 32.1. The van der Waals surface area contributed by atoms with Crippen LogP contribution in [0.15, 0.2) is 84.2 Å². The van der Waals surface area contributed by atoms with Crippen molar-refractivity contribution in [2.24, 2.45) is 0 Å². The first-order valence-electron chi connectivity index (χ1n) is 10.7. The Hall–Kier alpha value is -3.77. The number of methoxy groups -OCH3 is 1. The SMILES string of the molecule is COc1ccccc1C(=O)CCC(=O)NCc1ccc(-c2nc(-c3ccccc3)cs2)cc1. The highest BCUT2D eigenvalue weighted by molar-refractivity contribution is 7.13. The van der Waals surface area contributed by atoms with Crippen LogP contribution in [0, 0.1) is 0 Å². The number of carbonyl (C=O) groups excluding carboxylic acids is 2. The van der Waals surface area contributed by atoms with Gasteiger partial charge in [0.05, 0.1) is 18.4 Å². The lowest BCUT2D eigenvalue weighted by atomic mass is 10.1. The van der Waals surface area contributed by atoms with Gasteiger partial charge in [-0.05, 0) is 17.7 Å². The molecule has 166 valence electrons. The van der Waals surface area contributed by atoms with Crippen LogP contribution in [0.4, 0.5) is 0 Å². The second-order valence-corrected chi connectivity index (χ2v) is 8.36. The van der Waals surface area contributed by atoms with E-state index in [0.717, 1.165) is 27.4 Å². The normalized spacial score (nSPS) is 10.6. The zero-order chi connectivity index (χ0) is 23.0. The molecule has 1 amide bonds. The second kappa shape index (κ2) is 10.7. The Morgan fingerprint density at radius 3 is 2.36 bits per heavy atom. The Kier molecular flexibility index (Phi) is 7.27. The van der Waals surface area contributed by atoms with Crippen molar-refractivity contribution < 1.29 is 14.3 Å². The van der Waals surface area contributed by atoms with E-state index in [1.54, 1.807) is 29.5 Å². The van der Waals surface area contributed by atoms with Crippen LogP contribution in [0.3, 0.4) is 0 Å². The second-order valence-electron chi connectivity index (χ2n) is 7.50. The summed E-state index contributed by atoms with van der Waals surface area (Å²) in [5.74, 6) is 0.263. The summed E-state index contributed by atoms with van der Waals surface area (Å²) in [7, 11) is 1.53. The van der Waals surface area contributed by atoms with Gasteiger partial charge in [0.2, 0.25) is 5.91 Å². The standard InChI is InChI=1S/C27H24N2O3S/c1-32-25-10-6-5-9-22(25)24(30)15-16-26(31)28-17-19-11-13-21(14-12-19)27-29-23(18-33-27)20-7-3-2-4-8-20/h2-14,18H,15-17H2,1H3,(H,28,31). The molecule has 0 bridgehead atoms. The molecule has 0 aliphatic carbocycles. The van der Waals surface area contributed by atoms with E-state index in [-0.39, 0.29) is 24.5 Å². The van der Waals surface area contributed by atoms with Crippen molar-refractivity contribution in [1.29, 1.82) is 0 Å². The first kappa shape index (κ1) is 22.4. The lowest BCUT2D eigenvalue weighted by Gasteiger charge is -2.08. The van der Waals surface area contributed by atoms with Crippen molar-refractivity contribution in [3.8, 4) is 27.6 Å². The van der Waals surface area contributed by atoms with Crippen molar-refractivity contribution >= 4 is 23.0 Å². The molecule has 33 heavy (non-hydrogen) atoms. The zero-order valence-corrected chi connectivity index (χ0v) is 19.1. The minimum atomic E-state index is -0.158. The molecule has 0 aliphatic heterocycles. The zero-order valence-electron chi connectivity index (χ0n) is 18.3. The molecule has 0 unspecified atom stereocenters. The van der Waals surface area contributed by atoms with Gasteiger partial charge in [-0.3, -0.25) is 9.59 Å². The molecule has 4 aromatic rings. The minimum Gasteiger partial charge on any atom is -0.496 e. The first-order valence-corrected chi connectivity index (χ1v) is 11.5. The number of aromatic nitrogens is 1. The molecule has 1 N–H and O–H groups in total. The predicted octanol–water partition coefficient (Wildman–Crippen LogP) is 5.77. The predicted molar refractivity (Wildman–Crippen MR) is 131 cm³/mol. The van der Waals surface area contributed by atoms with Crippen LogP contribution >= 0.6 is 11.3 Å². The molecule has 0 radical (unpaired) electrons. The van der Waals surface area contributed by atoms with Gasteiger partial charge in [0.1, 0.15) is 10.8 Å². The number of hydrogen-bond acceptors (Lipinski definition) is 5. The van der Waals surface area contributed by atoms with E-state index in [0.29, 0.717) is 17.9 Å². The van der Waals surface area contributed by atoms with E-state index < -0.39 is 0 Å². The molecule has 0 saturated carbocycles. The van der Waals surface area contributed by atoms with Gasteiger partial charge in [-0.25, -0.2) is 4.98 Å². The third-order valence-electron chi connectivity index (χ3n) is 5.25. The lowest BCUT2D eigenvalue weighted by molar-refractivity contribution is -0.121. The summed E-state index contributed by atoms with van der Waals surface area (Å²) in [5.41, 5.74) is 4.60. The number of hydrogen-bond donors (Lipinski definition) is 1. The van der Waals surface area contributed by atoms with Crippen LogP contribution in [0.2, 0.25) is 0 Å². The number of ether oxygens (including phenoxy) is 1. The van der Waals surface area contributed by atoms with Gasteiger partial charge in [0, 0.05) is 35.9 Å². The van der Waals surface area contributed by atoms with Gasteiger partial charge in [-0.2, -0.15) is 0 Å². The maximum absolute atomic E-state index is 12.4. The summed E-state index contributed by atoms with van der Waals surface area (Å²) >= 11 is 1.61. The molecule has 0 fully saturated rings. The molecule has 0 saturated heterocycles. The van der Waals surface area contributed by atoms with E-state index in [1.165, 1.54) is 7.11 Å². The number of ketones is 1.